The molecule has 2 heterocycles. The summed E-state index contributed by atoms with van der Waals surface area (Å²) < 4.78 is 7.00. The molecule has 0 spiro atoms. The first kappa shape index (κ1) is 11.9. The first-order chi connectivity index (χ1) is 8.28. The lowest BCUT2D eigenvalue weighted by Gasteiger charge is -2.00. The SMILES string of the molecule is CCCNCc1ccn(Cc2noc(C)n2)c1. The van der Waals surface area contributed by atoms with Gasteiger partial charge in [0.05, 0.1) is 6.54 Å². The predicted molar refractivity (Wildman–Crippen MR) is 64.6 cm³/mol. The van der Waals surface area contributed by atoms with Crippen molar-refractivity contribution in [3.8, 4) is 0 Å². The van der Waals surface area contributed by atoms with Gasteiger partial charge in [-0.15, -0.1) is 0 Å². The second kappa shape index (κ2) is 5.63. The molecule has 2 aromatic rings. The summed E-state index contributed by atoms with van der Waals surface area (Å²) in [6.45, 7) is 6.58. The van der Waals surface area contributed by atoms with E-state index >= 15 is 0 Å². The van der Waals surface area contributed by atoms with Gasteiger partial charge >= 0.3 is 0 Å². The molecule has 0 saturated carbocycles. The molecular weight excluding hydrogens is 216 g/mol. The topological polar surface area (TPSA) is 55.9 Å². The highest BCUT2D eigenvalue weighted by atomic mass is 16.5. The van der Waals surface area contributed by atoms with Crippen molar-refractivity contribution >= 4 is 0 Å². The number of aryl methyl sites for hydroxylation is 1. The van der Waals surface area contributed by atoms with E-state index in [1.165, 1.54) is 5.56 Å². The van der Waals surface area contributed by atoms with Crippen LogP contribution in [0.2, 0.25) is 0 Å². The maximum Gasteiger partial charge on any atom is 0.223 e. The average molecular weight is 234 g/mol. The van der Waals surface area contributed by atoms with Gasteiger partial charge in [-0.2, -0.15) is 4.98 Å². The molecule has 0 radical (unpaired) electrons. The number of hydrogen-bond acceptors (Lipinski definition) is 4. The van der Waals surface area contributed by atoms with Crippen LogP contribution in [0.25, 0.3) is 0 Å². The minimum Gasteiger partial charge on any atom is -0.346 e. The van der Waals surface area contributed by atoms with Crippen LogP contribution >= 0.6 is 0 Å². The number of aromatic nitrogens is 3. The first-order valence-corrected chi connectivity index (χ1v) is 5.92. The largest absolute Gasteiger partial charge is 0.346 e. The second-order valence-corrected chi connectivity index (χ2v) is 4.10. The first-order valence-electron chi connectivity index (χ1n) is 5.92. The second-order valence-electron chi connectivity index (χ2n) is 4.10. The lowest BCUT2D eigenvalue weighted by Crippen LogP contribution is -2.13. The molecule has 0 fully saturated rings. The van der Waals surface area contributed by atoms with Crippen molar-refractivity contribution in [3.05, 3.63) is 35.7 Å². The van der Waals surface area contributed by atoms with E-state index in [0.717, 1.165) is 19.5 Å². The lowest BCUT2D eigenvalue weighted by atomic mass is 10.3. The molecule has 0 amide bonds. The number of nitrogens with one attached hydrogen (secondary N) is 1. The summed E-state index contributed by atoms with van der Waals surface area (Å²) in [4.78, 5) is 4.18. The van der Waals surface area contributed by atoms with Gasteiger partial charge in [0, 0.05) is 25.9 Å². The van der Waals surface area contributed by atoms with E-state index in [0.29, 0.717) is 18.3 Å². The summed E-state index contributed by atoms with van der Waals surface area (Å²) in [7, 11) is 0. The normalized spacial score (nSPS) is 10.9. The van der Waals surface area contributed by atoms with Crippen molar-refractivity contribution in [1.29, 1.82) is 0 Å². The zero-order valence-electron chi connectivity index (χ0n) is 10.3. The summed E-state index contributed by atoms with van der Waals surface area (Å²) in [5.74, 6) is 1.32. The van der Waals surface area contributed by atoms with Crippen molar-refractivity contribution in [2.24, 2.45) is 0 Å². The maximum atomic E-state index is 4.94. The molecule has 92 valence electrons. The van der Waals surface area contributed by atoms with Gasteiger partial charge in [-0.25, -0.2) is 0 Å². The molecule has 2 aromatic heterocycles. The number of hydrogen-bond donors (Lipinski definition) is 1. The van der Waals surface area contributed by atoms with Crippen LogP contribution in [0.5, 0.6) is 0 Å². The Morgan fingerprint density at radius 1 is 1.47 bits per heavy atom. The van der Waals surface area contributed by atoms with Crippen LogP contribution in [0.4, 0.5) is 0 Å². The van der Waals surface area contributed by atoms with Gasteiger partial charge in [-0.3, -0.25) is 0 Å². The van der Waals surface area contributed by atoms with Crippen LogP contribution in [0.1, 0.15) is 30.6 Å². The van der Waals surface area contributed by atoms with E-state index in [1.807, 2.05) is 6.20 Å². The van der Waals surface area contributed by atoms with E-state index in [2.05, 4.69) is 39.2 Å². The highest BCUT2D eigenvalue weighted by Crippen LogP contribution is 2.04. The van der Waals surface area contributed by atoms with Crippen LogP contribution < -0.4 is 5.32 Å². The zero-order valence-corrected chi connectivity index (χ0v) is 10.3. The molecule has 0 aliphatic heterocycles. The Hall–Kier alpha value is -1.62. The van der Waals surface area contributed by atoms with E-state index < -0.39 is 0 Å². The third-order valence-corrected chi connectivity index (χ3v) is 2.46. The highest BCUT2D eigenvalue weighted by Gasteiger charge is 2.03. The van der Waals surface area contributed by atoms with Gasteiger partial charge < -0.3 is 14.4 Å². The molecular formula is C12H18N4O. The summed E-state index contributed by atoms with van der Waals surface area (Å²) in [6, 6.07) is 2.11. The Bertz CT molecular complexity index is 461. The van der Waals surface area contributed by atoms with E-state index in [1.54, 1.807) is 6.92 Å². The lowest BCUT2D eigenvalue weighted by molar-refractivity contribution is 0.386. The predicted octanol–water partition coefficient (Wildman–Crippen LogP) is 1.73. The van der Waals surface area contributed by atoms with Crippen molar-refractivity contribution in [3.63, 3.8) is 0 Å². The Labute approximate surface area is 101 Å². The van der Waals surface area contributed by atoms with Crippen LogP contribution in [0.15, 0.2) is 23.0 Å². The van der Waals surface area contributed by atoms with Crippen LogP contribution in [-0.2, 0) is 13.1 Å². The van der Waals surface area contributed by atoms with Crippen molar-refractivity contribution < 1.29 is 4.52 Å². The van der Waals surface area contributed by atoms with Gasteiger partial charge in [-0.1, -0.05) is 12.1 Å². The van der Waals surface area contributed by atoms with Crippen molar-refractivity contribution in [2.45, 2.75) is 33.4 Å². The number of nitrogens with zero attached hydrogens (tertiary/aromatic N) is 3. The molecule has 0 saturated heterocycles. The molecule has 2 rings (SSSR count). The molecule has 0 unspecified atom stereocenters. The zero-order chi connectivity index (χ0) is 12.1. The molecule has 0 bridgehead atoms. The van der Waals surface area contributed by atoms with Gasteiger partial charge in [0.1, 0.15) is 0 Å². The third-order valence-electron chi connectivity index (χ3n) is 2.46. The Morgan fingerprint density at radius 2 is 2.35 bits per heavy atom. The molecule has 17 heavy (non-hydrogen) atoms. The Morgan fingerprint density at radius 3 is 3.06 bits per heavy atom. The Balaban J connectivity index is 1.89. The number of rotatable bonds is 6. The van der Waals surface area contributed by atoms with Crippen LogP contribution in [-0.4, -0.2) is 21.3 Å². The van der Waals surface area contributed by atoms with Crippen molar-refractivity contribution in [1.82, 2.24) is 20.0 Å². The molecule has 0 aliphatic carbocycles. The van der Waals surface area contributed by atoms with E-state index in [-0.39, 0.29) is 0 Å². The Kier molecular flexibility index (Phi) is 3.93. The summed E-state index contributed by atoms with van der Waals surface area (Å²) in [5, 5.41) is 7.24. The third kappa shape index (κ3) is 3.42. The molecule has 0 atom stereocenters. The van der Waals surface area contributed by atoms with Gasteiger partial charge in [0.25, 0.3) is 0 Å². The van der Waals surface area contributed by atoms with E-state index in [9.17, 15) is 0 Å². The minimum absolute atomic E-state index is 0.608. The molecule has 1 N–H and O–H groups in total. The van der Waals surface area contributed by atoms with Gasteiger partial charge in [0.2, 0.25) is 5.89 Å². The monoisotopic (exact) mass is 234 g/mol. The maximum absolute atomic E-state index is 4.94. The smallest absolute Gasteiger partial charge is 0.223 e. The van der Waals surface area contributed by atoms with Crippen LogP contribution in [0, 0.1) is 6.92 Å². The average Bonchev–Trinajstić information content (AvgIpc) is 2.90. The standard InChI is InChI=1S/C12H18N4O/c1-3-5-13-7-11-4-6-16(8-11)9-12-14-10(2)17-15-12/h4,6,8,13H,3,5,7,9H2,1-2H3. The van der Waals surface area contributed by atoms with Crippen molar-refractivity contribution in [2.75, 3.05) is 6.54 Å². The minimum atomic E-state index is 0.608. The van der Waals surface area contributed by atoms with Crippen LogP contribution in [0.3, 0.4) is 0 Å². The molecule has 5 nitrogen and oxygen atoms in total. The quantitative estimate of drug-likeness (QED) is 0.773. The summed E-state index contributed by atoms with van der Waals surface area (Å²) in [6.07, 6.45) is 5.30. The molecule has 5 heteroatoms. The van der Waals surface area contributed by atoms with E-state index in [4.69, 9.17) is 4.52 Å². The van der Waals surface area contributed by atoms with Gasteiger partial charge in [0.15, 0.2) is 5.82 Å². The summed E-state index contributed by atoms with van der Waals surface area (Å²) in [5.41, 5.74) is 1.28. The fourth-order valence-electron chi connectivity index (χ4n) is 1.67. The molecule has 0 aromatic carbocycles. The summed E-state index contributed by atoms with van der Waals surface area (Å²) >= 11 is 0. The fraction of sp³-hybridized carbons (Fsp3) is 0.500. The molecule has 0 aliphatic rings. The van der Waals surface area contributed by atoms with Gasteiger partial charge in [-0.05, 0) is 24.6 Å². The fourth-order valence-corrected chi connectivity index (χ4v) is 1.67. The highest BCUT2D eigenvalue weighted by molar-refractivity contribution is 5.10.